The molecule has 0 spiro atoms. The average Bonchev–Trinajstić information content (AvgIpc) is 3.04. The third kappa shape index (κ3) is 3.87. The van der Waals surface area contributed by atoms with Crippen LogP contribution in [0.2, 0.25) is 0 Å². The number of carbonyl (C=O) groups excluding carboxylic acids is 1. The first kappa shape index (κ1) is 19.5. The summed E-state index contributed by atoms with van der Waals surface area (Å²) in [5.74, 6) is 4.17. The van der Waals surface area contributed by atoms with Crippen molar-refractivity contribution in [2.24, 2.45) is 4.99 Å². The van der Waals surface area contributed by atoms with Gasteiger partial charge in [-0.2, -0.15) is 4.99 Å². The van der Waals surface area contributed by atoms with Gasteiger partial charge in [-0.1, -0.05) is 17.3 Å². The molecule has 0 radical (unpaired) electrons. The van der Waals surface area contributed by atoms with Gasteiger partial charge in [0.05, 0.1) is 37.6 Å². The van der Waals surface area contributed by atoms with Crippen LogP contribution in [0.3, 0.4) is 0 Å². The highest BCUT2D eigenvalue weighted by Crippen LogP contribution is 2.33. The molecule has 3 aromatic rings. The fourth-order valence-corrected chi connectivity index (χ4v) is 3.78. The molecule has 144 valence electrons. The molecule has 0 aliphatic rings. The van der Waals surface area contributed by atoms with E-state index >= 15 is 0 Å². The number of terminal acetylenes is 1. The Balaban J connectivity index is 2.08. The molecule has 0 N–H and O–H groups in total. The van der Waals surface area contributed by atoms with Gasteiger partial charge in [0.25, 0.3) is 5.91 Å². The third-order valence-corrected chi connectivity index (χ3v) is 5.09. The average molecular weight is 396 g/mol. The Labute approximate surface area is 167 Å². The van der Waals surface area contributed by atoms with E-state index in [4.69, 9.17) is 20.6 Å². The van der Waals surface area contributed by atoms with Gasteiger partial charge in [0.1, 0.15) is 5.75 Å². The van der Waals surface area contributed by atoms with E-state index in [-0.39, 0.29) is 12.5 Å². The van der Waals surface area contributed by atoms with Crippen molar-refractivity contribution >= 4 is 27.5 Å². The molecule has 0 bridgehead atoms. The lowest BCUT2D eigenvalue weighted by atomic mass is 10.2. The number of fused-ring (bicyclic) bond motifs is 1. The van der Waals surface area contributed by atoms with Crippen LogP contribution in [-0.2, 0) is 6.54 Å². The summed E-state index contributed by atoms with van der Waals surface area (Å²) in [5, 5.41) is 0. The van der Waals surface area contributed by atoms with Crippen LogP contribution in [-0.4, -0.2) is 31.3 Å². The Kier molecular flexibility index (Phi) is 6.02. The Morgan fingerprint density at radius 2 is 1.86 bits per heavy atom. The largest absolute Gasteiger partial charge is 0.494 e. The number of carbonyl (C=O) groups is 1. The van der Waals surface area contributed by atoms with Crippen LogP contribution >= 0.6 is 11.3 Å². The monoisotopic (exact) mass is 396 g/mol. The van der Waals surface area contributed by atoms with Crippen molar-refractivity contribution in [3.8, 4) is 29.6 Å². The minimum atomic E-state index is -0.348. The van der Waals surface area contributed by atoms with E-state index in [0.29, 0.717) is 34.2 Å². The summed E-state index contributed by atoms with van der Waals surface area (Å²) in [7, 11) is 3.15. The van der Waals surface area contributed by atoms with Gasteiger partial charge >= 0.3 is 0 Å². The topological polar surface area (TPSA) is 62.1 Å². The van der Waals surface area contributed by atoms with Gasteiger partial charge in [-0.3, -0.25) is 4.79 Å². The van der Waals surface area contributed by atoms with E-state index in [1.54, 1.807) is 38.5 Å². The standard InChI is InChI=1S/C21H20N2O4S/c1-5-11-23-16-12-17(25-3)18(26-4)13-19(16)28-21(23)22-20(24)14-7-9-15(10-8-14)27-6-2/h1,7-10,12-13H,6,11H2,2-4H3. The van der Waals surface area contributed by atoms with Crippen molar-refractivity contribution in [2.75, 3.05) is 20.8 Å². The molecule has 0 fully saturated rings. The number of nitrogens with zero attached hydrogens (tertiary/aromatic N) is 2. The second-order valence-electron chi connectivity index (χ2n) is 5.72. The van der Waals surface area contributed by atoms with Gasteiger partial charge in [0, 0.05) is 17.7 Å². The second kappa shape index (κ2) is 8.63. The van der Waals surface area contributed by atoms with Crippen LogP contribution in [0.15, 0.2) is 41.4 Å². The van der Waals surface area contributed by atoms with Gasteiger partial charge in [0.2, 0.25) is 0 Å². The van der Waals surface area contributed by atoms with Crippen LogP contribution in [0.5, 0.6) is 17.2 Å². The summed E-state index contributed by atoms with van der Waals surface area (Å²) in [6.45, 7) is 2.76. The lowest BCUT2D eigenvalue weighted by Crippen LogP contribution is -2.16. The first-order chi connectivity index (χ1) is 13.6. The Morgan fingerprint density at radius 3 is 2.46 bits per heavy atom. The quantitative estimate of drug-likeness (QED) is 0.599. The first-order valence-corrected chi connectivity index (χ1v) is 9.43. The molecule has 28 heavy (non-hydrogen) atoms. The maximum atomic E-state index is 12.6. The van der Waals surface area contributed by atoms with Crippen molar-refractivity contribution in [2.45, 2.75) is 13.5 Å². The molecule has 3 rings (SSSR count). The SMILES string of the molecule is C#CCn1c(=NC(=O)c2ccc(OCC)cc2)sc2cc(OC)c(OC)cc21. The molecule has 1 aromatic heterocycles. The fourth-order valence-electron chi connectivity index (χ4n) is 2.74. The van der Waals surface area contributed by atoms with Gasteiger partial charge in [-0.05, 0) is 31.2 Å². The van der Waals surface area contributed by atoms with Crippen LogP contribution in [0.4, 0.5) is 0 Å². The van der Waals surface area contributed by atoms with Gasteiger partial charge < -0.3 is 18.8 Å². The van der Waals surface area contributed by atoms with Gasteiger partial charge in [0.15, 0.2) is 16.3 Å². The minimum absolute atomic E-state index is 0.283. The lowest BCUT2D eigenvalue weighted by Gasteiger charge is -2.08. The summed E-state index contributed by atoms with van der Waals surface area (Å²) in [6, 6.07) is 10.6. The van der Waals surface area contributed by atoms with E-state index in [1.807, 2.05) is 23.6 Å². The van der Waals surface area contributed by atoms with Gasteiger partial charge in [-0.25, -0.2) is 0 Å². The number of benzene rings is 2. The van der Waals surface area contributed by atoms with Crippen LogP contribution in [0.25, 0.3) is 10.2 Å². The summed E-state index contributed by atoms with van der Waals surface area (Å²) in [6.07, 6.45) is 5.53. The van der Waals surface area contributed by atoms with Crippen molar-refractivity contribution < 1.29 is 19.0 Å². The molecular weight excluding hydrogens is 376 g/mol. The number of ether oxygens (including phenoxy) is 3. The smallest absolute Gasteiger partial charge is 0.279 e. The first-order valence-electron chi connectivity index (χ1n) is 8.62. The fraction of sp³-hybridized carbons (Fsp3) is 0.238. The number of thiazole rings is 1. The predicted molar refractivity (Wildman–Crippen MR) is 109 cm³/mol. The number of methoxy groups -OCH3 is 2. The summed E-state index contributed by atoms with van der Waals surface area (Å²) < 4.78 is 18.8. The second-order valence-corrected chi connectivity index (χ2v) is 6.73. The molecule has 0 aliphatic carbocycles. The highest BCUT2D eigenvalue weighted by Gasteiger charge is 2.13. The maximum Gasteiger partial charge on any atom is 0.279 e. The van der Waals surface area contributed by atoms with Crippen LogP contribution < -0.4 is 19.0 Å². The van der Waals surface area contributed by atoms with Gasteiger partial charge in [-0.15, -0.1) is 6.42 Å². The molecule has 0 unspecified atom stereocenters. The van der Waals surface area contributed by atoms with E-state index in [2.05, 4.69) is 10.9 Å². The highest BCUT2D eigenvalue weighted by atomic mass is 32.1. The van der Waals surface area contributed by atoms with Crippen molar-refractivity contribution in [3.63, 3.8) is 0 Å². The van der Waals surface area contributed by atoms with Crippen molar-refractivity contribution in [1.82, 2.24) is 4.57 Å². The molecule has 0 saturated carbocycles. The number of hydrogen-bond acceptors (Lipinski definition) is 5. The van der Waals surface area contributed by atoms with Crippen molar-refractivity contribution in [1.29, 1.82) is 0 Å². The summed E-state index contributed by atoms with van der Waals surface area (Å²) in [4.78, 5) is 17.5. The molecule has 2 aromatic carbocycles. The molecular formula is C21H20N2O4S. The Hall–Kier alpha value is -3.24. The van der Waals surface area contributed by atoms with E-state index in [9.17, 15) is 4.79 Å². The van der Waals surface area contributed by atoms with Crippen LogP contribution in [0, 0.1) is 12.3 Å². The highest BCUT2D eigenvalue weighted by molar-refractivity contribution is 7.16. The van der Waals surface area contributed by atoms with Crippen LogP contribution in [0.1, 0.15) is 17.3 Å². The number of aromatic nitrogens is 1. The third-order valence-electron chi connectivity index (χ3n) is 4.05. The summed E-state index contributed by atoms with van der Waals surface area (Å²) >= 11 is 1.37. The zero-order valence-electron chi connectivity index (χ0n) is 15.9. The van der Waals surface area contributed by atoms with E-state index in [0.717, 1.165) is 10.2 Å². The molecule has 6 nitrogen and oxygen atoms in total. The zero-order chi connectivity index (χ0) is 20.1. The van der Waals surface area contributed by atoms with E-state index < -0.39 is 0 Å². The molecule has 0 saturated heterocycles. The zero-order valence-corrected chi connectivity index (χ0v) is 16.7. The normalized spacial score (nSPS) is 11.3. The van der Waals surface area contributed by atoms with Crippen molar-refractivity contribution in [3.05, 3.63) is 46.8 Å². The molecule has 1 heterocycles. The minimum Gasteiger partial charge on any atom is -0.494 e. The predicted octanol–water partition coefficient (Wildman–Crippen LogP) is 3.49. The maximum absolute atomic E-state index is 12.6. The van der Waals surface area contributed by atoms with E-state index in [1.165, 1.54) is 11.3 Å². The Bertz CT molecular complexity index is 1100. The molecule has 0 aliphatic heterocycles. The molecule has 1 amide bonds. The Morgan fingerprint density at radius 1 is 1.18 bits per heavy atom. The molecule has 7 heteroatoms. The lowest BCUT2D eigenvalue weighted by molar-refractivity contribution is 0.0998. The number of amides is 1. The molecule has 0 atom stereocenters. The number of rotatable bonds is 6. The number of hydrogen-bond donors (Lipinski definition) is 0. The summed E-state index contributed by atoms with van der Waals surface area (Å²) in [5.41, 5.74) is 1.31.